The van der Waals surface area contributed by atoms with Crippen molar-refractivity contribution < 1.29 is 9.84 Å². The summed E-state index contributed by atoms with van der Waals surface area (Å²) in [5.74, 6) is 5.52. The molecule has 0 amide bonds. The first-order chi connectivity index (χ1) is 14.7. The molecule has 1 N–H and O–H groups in total. The normalized spacial score (nSPS) is 39.4. The minimum absolute atomic E-state index is 0.117. The highest BCUT2D eigenvalue weighted by atomic mass is 16.5. The predicted molar refractivity (Wildman–Crippen MR) is 127 cm³/mol. The summed E-state index contributed by atoms with van der Waals surface area (Å²) in [5.41, 5.74) is 0. The van der Waals surface area contributed by atoms with Gasteiger partial charge in [0.05, 0.1) is 19.8 Å². The Hall–Kier alpha value is -1.12. The van der Waals surface area contributed by atoms with Crippen LogP contribution in [0, 0.1) is 47.3 Å². The average molecular weight is 413 g/mol. The first kappa shape index (κ1) is 23.5. The van der Waals surface area contributed by atoms with Crippen molar-refractivity contribution in [1.82, 2.24) is 0 Å². The van der Waals surface area contributed by atoms with Crippen molar-refractivity contribution in [2.24, 2.45) is 47.3 Å². The molecule has 8 unspecified atom stereocenters. The van der Waals surface area contributed by atoms with Crippen molar-refractivity contribution in [3.63, 3.8) is 0 Å². The largest absolute Gasteiger partial charge is 0.394 e. The highest BCUT2D eigenvalue weighted by molar-refractivity contribution is 5.07. The Labute approximate surface area is 185 Å². The molecule has 2 heteroatoms. The maximum absolute atomic E-state index is 9.08. The molecular formula is C28H44O2. The van der Waals surface area contributed by atoms with Crippen LogP contribution in [0.25, 0.3) is 0 Å². The molecule has 0 aromatic carbocycles. The summed E-state index contributed by atoms with van der Waals surface area (Å²) < 4.78 is 5.76. The van der Waals surface area contributed by atoms with Crippen LogP contribution in [0.1, 0.15) is 58.3 Å². The fourth-order valence-electron chi connectivity index (χ4n) is 6.26. The first-order valence-corrected chi connectivity index (χ1v) is 12.5. The number of aliphatic hydroxyl groups is 1. The van der Waals surface area contributed by atoms with E-state index in [9.17, 15) is 0 Å². The molecule has 30 heavy (non-hydrogen) atoms. The molecule has 168 valence electrons. The van der Waals surface area contributed by atoms with E-state index >= 15 is 0 Å². The van der Waals surface area contributed by atoms with Crippen LogP contribution in [0.15, 0.2) is 49.6 Å². The third-order valence-corrected chi connectivity index (χ3v) is 8.10. The van der Waals surface area contributed by atoms with Gasteiger partial charge in [-0.15, -0.1) is 13.2 Å². The lowest BCUT2D eigenvalue weighted by atomic mass is 9.94. The van der Waals surface area contributed by atoms with E-state index in [2.05, 4.69) is 56.5 Å². The second-order valence-electron chi connectivity index (χ2n) is 10.1. The standard InChI is InChI=1S/C28H44O2/c1-4-21-7-8-22(15-21)9-10-23-18-27(28(19-23)20-30-14-13-29)12-11-24-16-25(5-2)26(6-3)17-24/h4-5,9-12,21-29H,1-2,6-8,13-20H2,3H3/b10-9-,12-11-. The monoisotopic (exact) mass is 412 g/mol. The van der Waals surface area contributed by atoms with Gasteiger partial charge in [-0.3, -0.25) is 0 Å². The summed E-state index contributed by atoms with van der Waals surface area (Å²) in [5, 5.41) is 9.08. The van der Waals surface area contributed by atoms with Crippen molar-refractivity contribution >= 4 is 0 Å². The lowest BCUT2D eigenvalue weighted by Gasteiger charge is -2.16. The Balaban J connectivity index is 1.56. The minimum atomic E-state index is 0.117. The van der Waals surface area contributed by atoms with Crippen LogP contribution >= 0.6 is 0 Å². The molecule has 0 aromatic heterocycles. The summed E-state index contributed by atoms with van der Waals surface area (Å²) in [7, 11) is 0. The maximum atomic E-state index is 9.08. The molecule has 3 rings (SSSR count). The Morgan fingerprint density at radius 1 is 0.767 bits per heavy atom. The zero-order valence-corrected chi connectivity index (χ0v) is 19.1. The highest BCUT2D eigenvalue weighted by Crippen LogP contribution is 2.43. The van der Waals surface area contributed by atoms with Crippen LogP contribution in [-0.2, 0) is 4.74 Å². The molecule has 0 saturated heterocycles. The lowest BCUT2D eigenvalue weighted by molar-refractivity contribution is 0.0623. The van der Waals surface area contributed by atoms with Gasteiger partial charge < -0.3 is 9.84 Å². The first-order valence-electron chi connectivity index (χ1n) is 12.5. The Kier molecular flexibility index (Phi) is 9.46. The predicted octanol–water partition coefficient (Wildman–Crippen LogP) is 6.59. The van der Waals surface area contributed by atoms with E-state index in [0.29, 0.717) is 36.2 Å². The molecule has 0 spiro atoms. The number of hydrogen-bond acceptors (Lipinski definition) is 2. The summed E-state index contributed by atoms with van der Waals surface area (Å²) in [4.78, 5) is 0. The second kappa shape index (κ2) is 12.1. The summed E-state index contributed by atoms with van der Waals surface area (Å²) in [6, 6.07) is 0. The third kappa shape index (κ3) is 6.44. The zero-order chi connectivity index (χ0) is 21.3. The van der Waals surface area contributed by atoms with Gasteiger partial charge in [0, 0.05) is 0 Å². The molecule has 3 aliphatic carbocycles. The van der Waals surface area contributed by atoms with Gasteiger partial charge in [-0.1, -0.05) is 49.8 Å². The molecule has 3 fully saturated rings. The van der Waals surface area contributed by atoms with E-state index in [1.54, 1.807) is 0 Å². The highest BCUT2D eigenvalue weighted by Gasteiger charge is 2.33. The van der Waals surface area contributed by atoms with Crippen LogP contribution in [-0.4, -0.2) is 24.9 Å². The van der Waals surface area contributed by atoms with Crippen LogP contribution in [0.2, 0.25) is 0 Å². The number of hydrogen-bond donors (Lipinski definition) is 1. The summed E-state index contributed by atoms with van der Waals surface area (Å²) in [6.07, 6.45) is 24.6. The van der Waals surface area contributed by atoms with Crippen LogP contribution in [0.3, 0.4) is 0 Å². The Bertz CT molecular complexity index is 591. The van der Waals surface area contributed by atoms with E-state index in [0.717, 1.165) is 24.4 Å². The van der Waals surface area contributed by atoms with Crippen molar-refractivity contribution in [1.29, 1.82) is 0 Å². The number of ether oxygens (including phenoxy) is 1. The molecule has 3 aliphatic rings. The van der Waals surface area contributed by atoms with Crippen molar-refractivity contribution in [2.75, 3.05) is 19.8 Å². The van der Waals surface area contributed by atoms with Gasteiger partial charge in [-0.25, -0.2) is 0 Å². The molecule has 0 heterocycles. The minimum Gasteiger partial charge on any atom is -0.394 e. The topological polar surface area (TPSA) is 29.5 Å². The SMILES string of the molecule is C=CC1CCC(/C=C\C2CC(/C=C\C3CC(C=C)C(CC)C3)C(COCCO)C2)C1. The van der Waals surface area contributed by atoms with E-state index in [-0.39, 0.29) is 6.61 Å². The Morgan fingerprint density at radius 3 is 2.07 bits per heavy atom. The van der Waals surface area contributed by atoms with Crippen LogP contribution in [0.4, 0.5) is 0 Å². The van der Waals surface area contributed by atoms with Gasteiger partial charge in [0.1, 0.15) is 0 Å². The average Bonchev–Trinajstić information content (AvgIpc) is 3.48. The summed E-state index contributed by atoms with van der Waals surface area (Å²) in [6.45, 7) is 11.7. The molecule has 2 nitrogen and oxygen atoms in total. The quantitative estimate of drug-likeness (QED) is 0.306. The third-order valence-electron chi connectivity index (χ3n) is 8.10. The van der Waals surface area contributed by atoms with Gasteiger partial charge >= 0.3 is 0 Å². The molecular weight excluding hydrogens is 368 g/mol. The number of aliphatic hydroxyl groups excluding tert-OH is 1. The Morgan fingerprint density at radius 2 is 1.43 bits per heavy atom. The molecule has 0 aliphatic heterocycles. The zero-order valence-electron chi connectivity index (χ0n) is 19.1. The smallest absolute Gasteiger partial charge is 0.0697 e. The van der Waals surface area contributed by atoms with E-state index in [1.165, 1.54) is 51.4 Å². The molecule has 0 bridgehead atoms. The lowest BCUT2D eigenvalue weighted by Crippen LogP contribution is -2.15. The van der Waals surface area contributed by atoms with Crippen molar-refractivity contribution in [2.45, 2.75) is 58.3 Å². The fourth-order valence-corrected chi connectivity index (χ4v) is 6.26. The van der Waals surface area contributed by atoms with Gasteiger partial charge in [0.2, 0.25) is 0 Å². The van der Waals surface area contributed by atoms with Crippen molar-refractivity contribution in [3.05, 3.63) is 49.6 Å². The number of allylic oxidation sites excluding steroid dienone is 6. The maximum Gasteiger partial charge on any atom is 0.0697 e. The molecule has 0 radical (unpaired) electrons. The van der Waals surface area contributed by atoms with Gasteiger partial charge in [-0.2, -0.15) is 0 Å². The van der Waals surface area contributed by atoms with Crippen molar-refractivity contribution in [3.8, 4) is 0 Å². The fraction of sp³-hybridized carbons (Fsp3) is 0.714. The molecule has 8 atom stereocenters. The van der Waals surface area contributed by atoms with Gasteiger partial charge in [0.25, 0.3) is 0 Å². The van der Waals surface area contributed by atoms with Crippen LogP contribution < -0.4 is 0 Å². The van der Waals surface area contributed by atoms with Gasteiger partial charge in [-0.05, 0) is 92.3 Å². The molecule has 3 saturated carbocycles. The second-order valence-corrected chi connectivity index (χ2v) is 10.1. The molecule has 0 aromatic rings. The van der Waals surface area contributed by atoms with E-state index < -0.39 is 0 Å². The number of rotatable bonds is 11. The van der Waals surface area contributed by atoms with E-state index in [1.807, 2.05) is 0 Å². The van der Waals surface area contributed by atoms with E-state index in [4.69, 9.17) is 9.84 Å². The van der Waals surface area contributed by atoms with Gasteiger partial charge in [0.15, 0.2) is 0 Å². The van der Waals surface area contributed by atoms with Crippen LogP contribution in [0.5, 0.6) is 0 Å². The summed E-state index contributed by atoms with van der Waals surface area (Å²) >= 11 is 0.